The highest BCUT2D eigenvalue weighted by atomic mass is 32.2. The standard InChI is InChI=1S/C21H16N2O2S2/c24-10-13-11-26-20-19(27-21(25)23-20)16(13)17-14-8-4-5-9-15(14)22-18(17)12-6-2-1-3-7-12/h1-10,13,16,22H,11H2,(H,23,25)/t13-,16-/m1/s1. The number of fused-ring (bicyclic) bond motifs is 2. The van der Waals surface area contributed by atoms with Gasteiger partial charge in [0, 0.05) is 33.4 Å². The number of aromatic nitrogens is 2. The number of aromatic amines is 2. The van der Waals surface area contributed by atoms with Crippen molar-refractivity contribution in [3.63, 3.8) is 0 Å². The van der Waals surface area contributed by atoms with Crippen LogP contribution in [-0.4, -0.2) is 22.0 Å². The number of hydrogen-bond donors (Lipinski definition) is 2. The van der Waals surface area contributed by atoms with E-state index in [0.717, 1.165) is 43.9 Å². The summed E-state index contributed by atoms with van der Waals surface area (Å²) in [6.07, 6.45) is 1.04. The number of aldehydes is 1. The molecule has 0 spiro atoms. The molecule has 4 nitrogen and oxygen atoms in total. The maximum Gasteiger partial charge on any atom is 0.305 e. The maximum atomic E-state index is 12.0. The molecule has 0 amide bonds. The number of para-hydroxylation sites is 1. The predicted molar refractivity (Wildman–Crippen MR) is 111 cm³/mol. The van der Waals surface area contributed by atoms with Crippen LogP contribution in [0.15, 0.2) is 64.4 Å². The van der Waals surface area contributed by atoms with Gasteiger partial charge in [0.25, 0.3) is 0 Å². The SMILES string of the molecule is O=C[C@@H]1CSc2[nH]c(=O)sc2[C@H]1c1c(-c2ccccc2)[nH]c2ccccc12. The van der Waals surface area contributed by atoms with Crippen molar-refractivity contribution in [2.45, 2.75) is 10.9 Å². The van der Waals surface area contributed by atoms with Crippen molar-refractivity contribution < 1.29 is 4.79 Å². The molecule has 0 fully saturated rings. The summed E-state index contributed by atoms with van der Waals surface area (Å²) >= 11 is 2.79. The number of carbonyl (C=O) groups is 1. The first-order valence-electron chi connectivity index (χ1n) is 8.73. The molecule has 4 aromatic rings. The van der Waals surface area contributed by atoms with Crippen LogP contribution < -0.4 is 4.87 Å². The van der Waals surface area contributed by atoms with Gasteiger partial charge in [-0.2, -0.15) is 0 Å². The Morgan fingerprint density at radius 1 is 1.00 bits per heavy atom. The molecule has 6 heteroatoms. The smallest absolute Gasteiger partial charge is 0.305 e. The molecule has 0 saturated heterocycles. The average Bonchev–Trinajstić information content (AvgIpc) is 3.27. The summed E-state index contributed by atoms with van der Waals surface area (Å²) in [7, 11) is 0. The van der Waals surface area contributed by atoms with Crippen LogP contribution in [0, 0.1) is 5.92 Å². The zero-order chi connectivity index (χ0) is 18.4. The van der Waals surface area contributed by atoms with Crippen LogP contribution in [0.4, 0.5) is 0 Å². The normalized spacial score (nSPS) is 19.1. The predicted octanol–water partition coefficient (Wildman–Crippen LogP) is 4.64. The van der Waals surface area contributed by atoms with E-state index >= 15 is 0 Å². The van der Waals surface area contributed by atoms with Gasteiger partial charge in [-0.15, -0.1) is 11.8 Å². The van der Waals surface area contributed by atoms with Crippen molar-refractivity contribution in [2.75, 3.05) is 5.75 Å². The highest BCUT2D eigenvalue weighted by molar-refractivity contribution is 7.99. The van der Waals surface area contributed by atoms with E-state index in [-0.39, 0.29) is 16.7 Å². The van der Waals surface area contributed by atoms with Crippen LogP contribution >= 0.6 is 23.1 Å². The Morgan fingerprint density at radius 3 is 2.59 bits per heavy atom. The quantitative estimate of drug-likeness (QED) is 0.499. The summed E-state index contributed by atoms with van der Waals surface area (Å²) in [6.45, 7) is 0. The maximum absolute atomic E-state index is 12.0. The lowest BCUT2D eigenvalue weighted by Crippen LogP contribution is -2.22. The molecule has 0 bridgehead atoms. The van der Waals surface area contributed by atoms with Crippen LogP contribution in [-0.2, 0) is 4.79 Å². The molecule has 2 atom stereocenters. The number of benzene rings is 2. The van der Waals surface area contributed by atoms with E-state index in [2.05, 4.69) is 34.2 Å². The van der Waals surface area contributed by atoms with E-state index in [1.54, 1.807) is 11.8 Å². The number of thioether (sulfide) groups is 1. The second-order valence-corrected chi connectivity index (χ2v) is 8.67. The summed E-state index contributed by atoms with van der Waals surface area (Å²) in [4.78, 5) is 31.4. The molecule has 1 aliphatic rings. The van der Waals surface area contributed by atoms with Gasteiger partial charge in [-0.05, 0) is 17.2 Å². The van der Waals surface area contributed by atoms with Gasteiger partial charge in [0.15, 0.2) is 0 Å². The molecule has 134 valence electrons. The highest BCUT2D eigenvalue weighted by Crippen LogP contribution is 2.49. The fourth-order valence-electron chi connectivity index (χ4n) is 3.89. The van der Waals surface area contributed by atoms with Crippen molar-refractivity contribution in [1.29, 1.82) is 0 Å². The first-order chi connectivity index (χ1) is 13.3. The fraction of sp³-hybridized carbons (Fsp3) is 0.143. The lowest BCUT2D eigenvalue weighted by atomic mass is 9.83. The topological polar surface area (TPSA) is 65.7 Å². The van der Waals surface area contributed by atoms with Gasteiger partial charge >= 0.3 is 4.87 Å². The van der Waals surface area contributed by atoms with Crippen molar-refractivity contribution in [3.8, 4) is 11.3 Å². The summed E-state index contributed by atoms with van der Waals surface area (Å²) in [5.41, 5.74) is 4.24. The van der Waals surface area contributed by atoms with Crippen LogP contribution in [0.1, 0.15) is 16.4 Å². The van der Waals surface area contributed by atoms with Gasteiger partial charge in [-0.3, -0.25) is 4.79 Å². The molecule has 0 unspecified atom stereocenters. The Labute approximate surface area is 163 Å². The molecule has 2 aromatic carbocycles. The number of carbonyl (C=O) groups excluding carboxylic acids is 1. The van der Waals surface area contributed by atoms with E-state index in [0.29, 0.717) is 5.75 Å². The molecule has 3 heterocycles. The van der Waals surface area contributed by atoms with Crippen molar-refractivity contribution in [2.24, 2.45) is 5.92 Å². The molecule has 2 aromatic heterocycles. The Hall–Kier alpha value is -2.57. The van der Waals surface area contributed by atoms with Crippen LogP contribution in [0.2, 0.25) is 0 Å². The Morgan fingerprint density at radius 2 is 1.78 bits per heavy atom. The lowest BCUT2D eigenvalue weighted by molar-refractivity contribution is -0.110. The van der Waals surface area contributed by atoms with Gasteiger partial charge < -0.3 is 14.8 Å². The van der Waals surface area contributed by atoms with Crippen LogP contribution in [0.3, 0.4) is 0 Å². The van der Waals surface area contributed by atoms with Gasteiger partial charge in [0.1, 0.15) is 6.29 Å². The number of H-pyrrole nitrogens is 2. The number of nitrogens with one attached hydrogen (secondary N) is 2. The summed E-state index contributed by atoms with van der Waals surface area (Å²) in [5.74, 6) is 0.367. The molecular formula is C21H16N2O2S2. The monoisotopic (exact) mass is 392 g/mol. The Balaban J connectivity index is 1.84. The second-order valence-electron chi connectivity index (χ2n) is 6.62. The third-order valence-corrected chi connectivity index (χ3v) is 7.32. The van der Waals surface area contributed by atoms with Crippen molar-refractivity contribution in [3.05, 3.63) is 74.7 Å². The third-order valence-electron chi connectivity index (χ3n) is 5.07. The van der Waals surface area contributed by atoms with E-state index in [4.69, 9.17) is 0 Å². The fourth-order valence-corrected chi connectivity index (χ4v) is 6.24. The minimum atomic E-state index is -0.171. The lowest BCUT2D eigenvalue weighted by Gasteiger charge is -2.28. The van der Waals surface area contributed by atoms with Crippen LogP contribution in [0.5, 0.6) is 0 Å². The molecular weight excluding hydrogens is 376 g/mol. The zero-order valence-corrected chi connectivity index (χ0v) is 15.9. The van der Waals surface area contributed by atoms with Crippen molar-refractivity contribution in [1.82, 2.24) is 9.97 Å². The highest BCUT2D eigenvalue weighted by Gasteiger charge is 2.37. The first-order valence-corrected chi connectivity index (χ1v) is 10.5. The first kappa shape index (κ1) is 16.6. The number of hydrogen-bond acceptors (Lipinski definition) is 4. The largest absolute Gasteiger partial charge is 0.354 e. The number of thiazole rings is 1. The molecule has 1 aliphatic heterocycles. The van der Waals surface area contributed by atoms with E-state index in [9.17, 15) is 9.59 Å². The van der Waals surface area contributed by atoms with E-state index in [1.165, 1.54) is 11.3 Å². The molecule has 0 saturated carbocycles. The molecule has 27 heavy (non-hydrogen) atoms. The molecule has 0 radical (unpaired) electrons. The van der Waals surface area contributed by atoms with Crippen LogP contribution in [0.25, 0.3) is 22.2 Å². The van der Waals surface area contributed by atoms with E-state index < -0.39 is 0 Å². The Kier molecular flexibility index (Phi) is 4.02. The molecule has 0 aliphatic carbocycles. The van der Waals surface area contributed by atoms with Gasteiger partial charge in [-0.1, -0.05) is 59.9 Å². The molecule has 2 N–H and O–H groups in total. The van der Waals surface area contributed by atoms with E-state index in [1.807, 2.05) is 30.3 Å². The summed E-state index contributed by atoms with van der Waals surface area (Å²) in [5, 5.41) is 2.00. The average molecular weight is 393 g/mol. The third kappa shape index (κ3) is 2.67. The van der Waals surface area contributed by atoms with Gasteiger partial charge in [0.05, 0.1) is 10.7 Å². The molecule has 5 rings (SSSR count). The number of rotatable bonds is 3. The minimum Gasteiger partial charge on any atom is -0.354 e. The zero-order valence-electron chi connectivity index (χ0n) is 14.3. The van der Waals surface area contributed by atoms with Gasteiger partial charge in [-0.25, -0.2) is 0 Å². The summed E-state index contributed by atoms with van der Waals surface area (Å²) in [6, 6.07) is 18.3. The minimum absolute atomic E-state index is 0.0647. The second kappa shape index (κ2) is 6.55. The Bertz CT molecular complexity index is 1190. The van der Waals surface area contributed by atoms with Crippen molar-refractivity contribution >= 4 is 40.3 Å². The van der Waals surface area contributed by atoms with Gasteiger partial charge in [0.2, 0.25) is 0 Å². The summed E-state index contributed by atoms with van der Waals surface area (Å²) < 4.78 is 0.